The van der Waals surface area contributed by atoms with Crippen molar-refractivity contribution in [3.05, 3.63) is 74.9 Å². The van der Waals surface area contributed by atoms with Gasteiger partial charge in [-0.15, -0.1) is 0 Å². The number of nitro groups is 1. The number of aliphatic hydroxyl groups is 1. The zero-order valence-corrected chi connectivity index (χ0v) is 15.6. The maximum atomic E-state index is 10.8. The van der Waals surface area contributed by atoms with Crippen molar-refractivity contribution in [2.45, 2.75) is 13.0 Å². The molecule has 0 saturated carbocycles. The number of para-hydroxylation sites is 1. The van der Waals surface area contributed by atoms with Crippen molar-refractivity contribution in [2.24, 2.45) is 0 Å². The number of fused-ring (bicyclic) bond motifs is 3. The second-order valence-corrected chi connectivity index (χ2v) is 6.74. The predicted molar refractivity (Wildman–Crippen MR) is 107 cm³/mol. The van der Waals surface area contributed by atoms with E-state index in [0.717, 1.165) is 10.9 Å². The molecule has 0 unspecified atom stereocenters. The molecule has 2 aromatic carbocycles. The van der Waals surface area contributed by atoms with Crippen LogP contribution in [-0.2, 0) is 0 Å². The van der Waals surface area contributed by atoms with E-state index in [9.17, 15) is 15.2 Å². The number of hydrogen-bond donors (Lipinski definition) is 2. The summed E-state index contributed by atoms with van der Waals surface area (Å²) in [5.74, 6) is 0.575. The van der Waals surface area contributed by atoms with E-state index in [1.165, 1.54) is 24.3 Å². The Bertz CT molecular complexity index is 1190. The zero-order valence-electron chi connectivity index (χ0n) is 14.8. The van der Waals surface area contributed by atoms with Gasteiger partial charge in [-0.3, -0.25) is 10.1 Å². The third kappa shape index (κ3) is 3.12. The Balaban J connectivity index is 1.65. The van der Waals surface area contributed by atoms with Gasteiger partial charge in [-0.2, -0.15) is 5.10 Å². The summed E-state index contributed by atoms with van der Waals surface area (Å²) in [6.07, 6.45) is -0.861. The van der Waals surface area contributed by atoms with Crippen LogP contribution in [0.3, 0.4) is 0 Å². The second kappa shape index (κ2) is 7.06. The largest absolute Gasteiger partial charge is 0.387 e. The Labute approximate surface area is 164 Å². The molecule has 0 saturated heterocycles. The summed E-state index contributed by atoms with van der Waals surface area (Å²) in [5.41, 5.74) is 2.61. The number of nitrogens with zero attached hydrogens (tertiary/aromatic N) is 4. The van der Waals surface area contributed by atoms with Gasteiger partial charge in [-0.05, 0) is 36.8 Å². The number of aromatic nitrogens is 3. The van der Waals surface area contributed by atoms with E-state index in [-0.39, 0.29) is 12.2 Å². The van der Waals surface area contributed by atoms with E-state index in [4.69, 9.17) is 11.6 Å². The fourth-order valence-corrected chi connectivity index (χ4v) is 3.21. The van der Waals surface area contributed by atoms with Crippen LogP contribution in [0.15, 0.2) is 48.5 Å². The average Bonchev–Trinajstić information content (AvgIpc) is 3.00. The van der Waals surface area contributed by atoms with E-state index < -0.39 is 11.0 Å². The number of hydrogen-bond acceptors (Lipinski definition) is 6. The van der Waals surface area contributed by atoms with Crippen LogP contribution in [0, 0.1) is 17.0 Å². The number of aryl methyl sites for hydroxylation is 1. The van der Waals surface area contributed by atoms with Gasteiger partial charge in [0.15, 0.2) is 5.65 Å². The second-order valence-electron chi connectivity index (χ2n) is 6.36. The lowest BCUT2D eigenvalue weighted by Crippen LogP contribution is -2.14. The Hall–Kier alpha value is -3.23. The van der Waals surface area contributed by atoms with E-state index >= 15 is 0 Å². The lowest BCUT2D eigenvalue weighted by molar-refractivity contribution is -0.384. The number of nitro benzene ring substituents is 1. The average molecular weight is 398 g/mol. The lowest BCUT2D eigenvalue weighted by atomic mass is 10.1. The molecule has 9 heteroatoms. The summed E-state index contributed by atoms with van der Waals surface area (Å²) in [6.45, 7) is 1.99. The molecule has 2 heterocycles. The highest BCUT2D eigenvalue weighted by Crippen LogP contribution is 2.28. The number of anilines is 1. The third-order valence-corrected chi connectivity index (χ3v) is 4.96. The van der Waals surface area contributed by atoms with Crippen LogP contribution in [0.25, 0.3) is 16.6 Å². The third-order valence-electron chi connectivity index (χ3n) is 4.52. The first kappa shape index (κ1) is 18.1. The predicted octanol–water partition coefficient (Wildman–Crippen LogP) is 3.90. The minimum Gasteiger partial charge on any atom is -0.387 e. The van der Waals surface area contributed by atoms with Gasteiger partial charge in [0.1, 0.15) is 10.8 Å². The van der Waals surface area contributed by atoms with Gasteiger partial charge in [0, 0.05) is 24.1 Å². The van der Waals surface area contributed by atoms with E-state index in [2.05, 4.69) is 15.4 Å². The summed E-state index contributed by atoms with van der Waals surface area (Å²) < 4.78 is 1.70. The minimum absolute atomic E-state index is 0.0206. The monoisotopic (exact) mass is 397 g/mol. The fourth-order valence-electron chi connectivity index (χ4n) is 3.05. The zero-order chi connectivity index (χ0) is 19.8. The highest BCUT2D eigenvalue weighted by atomic mass is 35.5. The highest BCUT2D eigenvalue weighted by Gasteiger charge is 2.16. The van der Waals surface area contributed by atoms with Crippen molar-refractivity contribution in [1.29, 1.82) is 0 Å². The van der Waals surface area contributed by atoms with Gasteiger partial charge in [0.25, 0.3) is 5.69 Å². The van der Waals surface area contributed by atoms with Crippen LogP contribution in [-0.4, -0.2) is 31.2 Å². The summed E-state index contributed by atoms with van der Waals surface area (Å²) in [7, 11) is 0. The molecule has 0 fully saturated rings. The number of nitrogens with one attached hydrogen (secondary N) is 1. The van der Waals surface area contributed by atoms with Crippen LogP contribution in [0.2, 0.25) is 5.02 Å². The van der Waals surface area contributed by atoms with Gasteiger partial charge in [-0.1, -0.05) is 23.7 Å². The summed E-state index contributed by atoms with van der Waals surface area (Å²) in [6, 6.07) is 13.4. The molecule has 0 aliphatic heterocycles. The topological polar surface area (TPSA) is 106 Å². The van der Waals surface area contributed by atoms with Crippen molar-refractivity contribution in [3.63, 3.8) is 0 Å². The summed E-state index contributed by atoms with van der Waals surface area (Å²) in [5, 5.41) is 30.1. The van der Waals surface area contributed by atoms with E-state index in [0.29, 0.717) is 27.7 Å². The van der Waals surface area contributed by atoms with Crippen LogP contribution in [0.1, 0.15) is 17.4 Å². The molecule has 0 bridgehead atoms. The molecule has 28 heavy (non-hydrogen) atoms. The first-order valence-corrected chi connectivity index (χ1v) is 8.93. The molecule has 0 aliphatic carbocycles. The Kier molecular flexibility index (Phi) is 4.58. The minimum atomic E-state index is -0.861. The van der Waals surface area contributed by atoms with E-state index in [1.807, 2.05) is 31.2 Å². The standard InChI is InChI=1S/C19H16ClN5O3/c1-11-17(20)19-22-18(14-4-2-3-5-15(14)24(19)23-11)21-10-16(26)12-6-8-13(9-7-12)25(27)28/h2-9,16,26H,10H2,1H3,(H,21,22)/t16-/m1/s1. The molecule has 0 aliphatic rings. The van der Waals surface area contributed by atoms with Crippen molar-refractivity contribution in [3.8, 4) is 0 Å². The number of aliphatic hydroxyl groups excluding tert-OH is 1. The Morgan fingerprint density at radius 3 is 2.68 bits per heavy atom. The van der Waals surface area contributed by atoms with Crippen LogP contribution >= 0.6 is 11.6 Å². The smallest absolute Gasteiger partial charge is 0.269 e. The first-order chi connectivity index (χ1) is 13.5. The molecule has 1 atom stereocenters. The molecule has 142 valence electrons. The lowest BCUT2D eigenvalue weighted by Gasteiger charge is -2.14. The number of non-ortho nitro benzene ring substituents is 1. The molecule has 0 spiro atoms. The molecule has 4 aromatic rings. The van der Waals surface area contributed by atoms with Crippen molar-refractivity contribution in [2.75, 3.05) is 11.9 Å². The molecular formula is C19H16ClN5O3. The molecule has 2 aromatic heterocycles. The van der Waals surface area contributed by atoms with Crippen LogP contribution in [0.5, 0.6) is 0 Å². The van der Waals surface area contributed by atoms with Crippen LogP contribution < -0.4 is 5.32 Å². The maximum absolute atomic E-state index is 10.8. The quantitative estimate of drug-likeness (QED) is 0.391. The SMILES string of the molecule is Cc1nn2c(nc(NC[C@@H](O)c3ccc([N+](=O)[O-])cc3)c3ccccc32)c1Cl. The normalized spacial score (nSPS) is 12.4. The molecule has 2 N–H and O–H groups in total. The number of halogens is 1. The number of benzene rings is 2. The fraction of sp³-hybridized carbons (Fsp3) is 0.158. The highest BCUT2D eigenvalue weighted by molar-refractivity contribution is 6.34. The molecular weight excluding hydrogens is 382 g/mol. The van der Waals surface area contributed by atoms with Gasteiger partial charge in [0.2, 0.25) is 0 Å². The van der Waals surface area contributed by atoms with Gasteiger partial charge >= 0.3 is 0 Å². The van der Waals surface area contributed by atoms with Crippen molar-refractivity contribution < 1.29 is 10.0 Å². The molecule has 0 amide bonds. The molecule has 8 nitrogen and oxygen atoms in total. The van der Waals surface area contributed by atoms with Crippen molar-refractivity contribution >= 4 is 39.7 Å². The molecule has 4 rings (SSSR count). The van der Waals surface area contributed by atoms with E-state index in [1.54, 1.807) is 4.52 Å². The van der Waals surface area contributed by atoms with Gasteiger partial charge in [-0.25, -0.2) is 9.50 Å². The summed E-state index contributed by atoms with van der Waals surface area (Å²) >= 11 is 6.33. The van der Waals surface area contributed by atoms with Crippen LogP contribution in [0.4, 0.5) is 11.5 Å². The number of rotatable bonds is 5. The van der Waals surface area contributed by atoms with Crippen molar-refractivity contribution in [1.82, 2.24) is 14.6 Å². The summed E-state index contributed by atoms with van der Waals surface area (Å²) in [4.78, 5) is 14.9. The first-order valence-electron chi connectivity index (χ1n) is 8.55. The Morgan fingerprint density at radius 2 is 1.96 bits per heavy atom. The maximum Gasteiger partial charge on any atom is 0.269 e. The Morgan fingerprint density at radius 1 is 1.25 bits per heavy atom. The van der Waals surface area contributed by atoms with Gasteiger partial charge < -0.3 is 10.4 Å². The molecule has 0 radical (unpaired) electrons. The van der Waals surface area contributed by atoms with Gasteiger partial charge in [0.05, 0.1) is 22.2 Å².